The zero-order chi connectivity index (χ0) is 45.5. The number of nitrogens with zero attached hydrogens (tertiary/aromatic N) is 2. The monoisotopic (exact) mass is 870 g/mol. The predicted molar refractivity (Wildman–Crippen MR) is 289 cm³/mol. The zero-order valence-corrected chi connectivity index (χ0v) is 37.9. The molecule has 0 fully saturated rings. The van der Waals surface area contributed by atoms with Crippen LogP contribution in [-0.2, 0) is 0 Å². The fraction of sp³-hybridized carbons (Fsp3) is 0.0303. The predicted octanol–water partition coefficient (Wildman–Crippen LogP) is 18.6. The molecule has 68 heavy (non-hydrogen) atoms. The summed E-state index contributed by atoms with van der Waals surface area (Å²) >= 11 is 0. The first kappa shape index (κ1) is 41.9. The number of para-hydroxylation sites is 2. The van der Waals surface area contributed by atoms with E-state index in [4.69, 9.17) is 0 Å². The van der Waals surface area contributed by atoms with Gasteiger partial charge in [0.1, 0.15) is 0 Å². The number of allylic oxidation sites excluding steroid dienone is 4. The molecule has 10 aromatic carbocycles. The molecule has 1 aliphatic carbocycles. The molecular weight excluding hydrogens is 821 g/mol. The van der Waals surface area contributed by atoms with Gasteiger partial charge in [0, 0.05) is 34.1 Å². The summed E-state index contributed by atoms with van der Waals surface area (Å²) in [7, 11) is 0. The van der Waals surface area contributed by atoms with E-state index in [1.54, 1.807) is 0 Å². The minimum Gasteiger partial charge on any atom is -0.311 e. The molecule has 0 saturated carbocycles. The first-order valence-electron chi connectivity index (χ1n) is 23.5. The summed E-state index contributed by atoms with van der Waals surface area (Å²) in [6.45, 7) is 0. The number of rotatable bonds is 12. The summed E-state index contributed by atoms with van der Waals surface area (Å²) in [5, 5.41) is 0. The van der Waals surface area contributed by atoms with Crippen LogP contribution in [0.2, 0.25) is 0 Å². The van der Waals surface area contributed by atoms with Gasteiger partial charge in [-0.1, -0.05) is 206 Å². The third-order valence-corrected chi connectivity index (χ3v) is 13.1. The Labute approximate surface area is 400 Å². The highest BCUT2D eigenvalue weighted by atomic mass is 15.1. The highest BCUT2D eigenvalue weighted by molar-refractivity contribution is 5.84. The van der Waals surface area contributed by atoms with Crippen LogP contribution in [-0.4, -0.2) is 0 Å². The maximum absolute atomic E-state index is 2.34. The molecule has 0 atom stereocenters. The van der Waals surface area contributed by atoms with E-state index in [2.05, 4.69) is 289 Å². The van der Waals surface area contributed by atoms with Gasteiger partial charge in [0.2, 0.25) is 0 Å². The van der Waals surface area contributed by atoms with Gasteiger partial charge in [-0.2, -0.15) is 0 Å². The highest BCUT2D eigenvalue weighted by Gasteiger charge is 2.17. The van der Waals surface area contributed by atoms with Crippen molar-refractivity contribution < 1.29 is 0 Å². The Balaban J connectivity index is 0.795. The highest BCUT2D eigenvalue weighted by Crippen LogP contribution is 2.40. The first-order chi connectivity index (χ1) is 33.7. The minimum atomic E-state index is 0.987. The van der Waals surface area contributed by atoms with Gasteiger partial charge in [-0.3, -0.25) is 0 Å². The average Bonchev–Trinajstić information content (AvgIpc) is 3.43. The van der Waals surface area contributed by atoms with Crippen LogP contribution in [0.1, 0.15) is 24.0 Å². The summed E-state index contributed by atoms with van der Waals surface area (Å²) in [5.41, 5.74) is 21.7. The molecule has 0 heterocycles. The van der Waals surface area contributed by atoms with Crippen molar-refractivity contribution in [2.75, 3.05) is 9.80 Å². The molecule has 2 nitrogen and oxygen atoms in total. The van der Waals surface area contributed by atoms with Gasteiger partial charge in [-0.05, 0) is 152 Å². The Hall–Kier alpha value is -8.72. The zero-order valence-electron chi connectivity index (χ0n) is 37.9. The maximum Gasteiger partial charge on any atom is 0.0462 e. The molecule has 0 N–H and O–H groups in total. The van der Waals surface area contributed by atoms with E-state index in [1.807, 2.05) is 0 Å². The minimum absolute atomic E-state index is 0.987. The second kappa shape index (κ2) is 19.4. The Morgan fingerprint density at radius 2 is 0.368 bits per heavy atom. The molecule has 0 radical (unpaired) electrons. The van der Waals surface area contributed by atoms with Crippen LogP contribution in [0.15, 0.2) is 279 Å². The van der Waals surface area contributed by atoms with E-state index >= 15 is 0 Å². The molecule has 0 saturated heterocycles. The van der Waals surface area contributed by atoms with Crippen molar-refractivity contribution in [2.45, 2.75) is 12.8 Å². The maximum atomic E-state index is 2.34. The summed E-state index contributed by atoms with van der Waals surface area (Å²) in [6, 6.07) is 96.0. The lowest BCUT2D eigenvalue weighted by atomic mass is 9.90. The summed E-state index contributed by atoms with van der Waals surface area (Å²) in [4.78, 5) is 4.67. The van der Waals surface area contributed by atoms with Gasteiger partial charge >= 0.3 is 0 Å². The third-order valence-electron chi connectivity index (χ3n) is 13.1. The fourth-order valence-electron chi connectivity index (χ4n) is 9.39. The van der Waals surface area contributed by atoms with Crippen LogP contribution in [0.3, 0.4) is 0 Å². The van der Waals surface area contributed by atoms with Gasteiger partial charge in [-0.15, -0.1) is 0 Å². The van der Waals surface area contributed by atoms with Crippen molar-refractivity contribution >= 4 is 45.3 Å². The molecule has 10 aromatic rings. The lowest BCUT2D eigenvalue weighted by Crippen LogP contribution is -2.10. The SMILES string of the molecule is C1=C(c2ccc(N(c3ccccc3)c3ccc(-c4ccc(-c5ccccc5)cc4)cc3)cc2)CCC(c2ccc(N(c3ccccc3)c3ccc(-c4ccc(-c5ccccc5)cc4)cc3)cc2)=C1. The number of hydrogen-bond donors (Lipinski definition) is 0. The fourth-order valence-corrected chi connectivity index (χ4v) is 9.39. The first-order valence-corrected chi connectivity index (χ1v) is 23.5. The van der Waals surface area contributed by atoms with Crippen molar-refractivity contribution in [3.8, 4) is 44.5 Å². The quantitative estimate of drug-likeness (QED) is 0.121. The van der Waals surface area contributed by atoms with E-state index in [1.165, 1.54) is 66.8 Å². The van der Waals surface area contributed by atoms with Gasteiger partial charge in [0.15, 0.2) is 0 Å². The molecule has 0 aromatic heterocycles. The average molecular weight is 871 g/mol. The molecule has 2 heteroatoms. The van der Waals surface area contributed by atoms with Crippen molar-refractivity contribution in [3.05, 3.63) is 290 Å². The second-order valence-corrected chi connectivity index (χ2v) is 17.3. The van der Waals surface area contributed by atoms with Gasteiger partial charge < -0.3 is 9.80 Å². The van der Waals surface area contributed by atoms with Crippen molar-refractivity contribution in [1.29, 1.82) is 0 Å². The lowest BCUT2D eigenvalue weighted by Gasteiger charge is -2.26. The van der Waals surface area contributed by atoms with E-state index in [-0.39, 0.29) is 0 Å². The molecule has 0 bridgehead atoms. The topological polar surface area (TPSA) is 6.48 Å². The van der Waals surface area contributed by atoms with Crippen LogP contribution in [0, 0.1) is 0 Å². The van der Waals surface area contributed by atoms with Gasteiger partial charge in [0.25, 0.3) is 0 Å². The summed E-state index contributed by atoms with van der Waals surface area (Å²) in [6.07, 6.45) is 6.60. The summed E-state index contributed by atoms with van der Waals surface area (Å²) in [5.74, 6) is 0. The van der Waals surface area contributed by atoms with E-state index in [0.29, 0.717) is 0 Å². The Kier molecular flexibility index (Phi) is 12.0. The third kappa shape index (κ3) is 9.09. The second-order valence-electron chi connectivity index (χ2n) is 17.3. The number of hydrogen-bond acceptors (Lipinski definition) is 2. The molecule has 0 amide bonds. The summed E-state index contributed by atoms with van der Waals surface area (Å²) < 4.78 is 0. The van der Waals surface area contributed by atoms with Crippen molar-refractivity contribution in [3.63, 3.8) is 0 Å². The van der Waals surface area contributed by atoms with Crippen LogP contribution in [0.4, 0.5) is 34.1 Å². The normalized spacial score (nSPS) is 12.2. The number of anilines is 6. The van der Waals surface area contributed by atoms with Gasteiger partial charge in [0.05, 0.1) is 0 Å². The van der Waals surface area contributed by atoms with Crippen LogP contribution >= 0.6 is 0 Å². The lowest BCUT2D eigenvalue weighted by molar-refractivity contribution is 1.07. The smallest absolute Gasteiger partial charge is 0.0462 e. The molecule has 0 aliphatic heterocycles. The van der Waals surface area contributed by atoms with Crippen molar-refractivity contribution in [2.24, 2.45) is 0 Å². The van der Waals surface area contributed by atoms with E-state index in [0.717, 1.165) is 47.0 Å². The van der Waals surface area contributed by atoms with E-state index in [9.17, 15) is 0 Å². The molecule has 11 rings (SSSR count). The molecule has 0 spiro atoms. The standard InChI is InChI=1S/C66H50N2/c1-5-13-49(14-6-1)51-21-25-53(26-22-51)57-33-41-63(42-34-57)67(61-17-9-3-10-18-61)65-45-37-59(38-46-65)55-29-31-56(32-30-55)60-39-47-66(48-40-60)68(62-19-11-4-12-20-62)64-43-35-58(36-44-64)54-27-23-52(24-28-54)50-15-7-2-8-16-50/h1-29,31,33-48H,30,32H2. The van der Waals surface area contributed by atoms with Crippen molar-refractivity contribution in [1.82, 2.24) is 0 Å². The molecule has 1 aliphatic rings. The Morgan fingerprint density at radius 1 is 0.176 bits per heavy atom. The molecule has 324 valence electrons. The van der Waals surface area contributed by atoms with Gasteiger partial charge in [-0.25, -0.2) is 0 Å². The largest absolute Gasteiger partial charge is 0.311 e. The van der Waals surface area contributed by atoms with E-state index < -0.39 is 0 Å². The van der Waals surface area contributed by atoms with Crippen LogP contribution in [0.5, 0.6) is 0 Å². The van der Waals surface area contributed by atoms with Crippen LogP contribution in [0.25, 0.3) is 55.7 Å². The number of benzene rings is 10. The Bertz CT molecular complexity index is 3060. The molecular formula is C66H50N2. The van der Waals surface area contributed by atoms with Crippen LogP contribution < -0.4 is 9.80 Å². The molecule has 0 unspecified atom stereocenters. The Morgan fingerprint density at radius 3 is 0.618 bits per heavy atom.